The number of hydrogen-bond acceptors (Lipinski definition) is 3. The van der Waals surface area contributed by atoms with Gasteiger partial charge in [0.25, 0.3) is 5.91 Å². The van der Waals surface area contributed by atoms with Gasteiger partial charge in [-0.25, -0.2) is 9.37 Å². The van der Waals surface area contributed by atoms with Gasteiger partial charge in [0.05, 0.1) is 6.20 Å². The van der Waals surface area contributed by atoms with Crippen LogP contribution in [-0.4, -0.2) is 41.5 Å². The lowest BCUT2D eigenvalue weighted by molar-refractivity contribution is 0.0736. The molecule has 2 heterocycles. The number of hydrogen-bond donors (Lipinski definition) is 1. The van der Waals surface area contributed by atoms with Crippen LogP contribution in [0.5, 0.6) is 0 Å². The molecule has 1 saturated heterocycles. The van der Waals surface area contributed by atoms with E-state index in [1.807, 2.05) is 11.8 Å². The minimum atomic E-state index is -0.420. The second-order valence-corrected chi connectivity index (χ2v) is 4.91. The maximum atomic E-state index is 12.8. The van der Waals surface area contributed by atoms with Crippen molar-refractivity contribution in [3.8, 4) is 0 Å². The van der Waals surface area contributed by atoms with E-state index < -0.39 is 5.82 Å². The Morgan fingerprint density at radius 1 is 1.58 bits per heavy atom. The third-order valence-electron chi connectivity index (χ3n) is 3.33. The second kappa shape index (κ2) is 6.61. The lowest BCUT2D eigenvalue weighted by Gasteiger charge is -2.25. The Morgan fingerprint density at radius 3 is 3.00 bits per heavy atom. The smallest absolute Gasteiger partial charge is 0.272 e. The fourth-order valence-corrected chi connectivity index (χ4v) is 2.39. The third-order valence-corrected chi connectivity index (χ3v) is 3.33. The van der Waals surface area contributed by atoms with Crippen LogP contribution >= 0.6 is 0 Å². The molecule has 1 N–H and O–H groups in total. The Hall–Kier alpha value is -1.49. The molecule has 0 saturated carbocycles. The number of aromatic nitrogens is 1. The quantitative estimate of drug-likeness (QED) is 0.883. The summed E-state index contributed by atoms with van der Waals surface area (Å²) in [5, 5.41) is 3.39. The normalized spacial score (nSPS) is 18.5. The molecule has 1 aromatic rings. The van der Waals surface area contributed by atoms with E-state index >= 15 is 0 Å². The Morgan fingerprint density at radius 2 is 2.42 bits per heavy atom. The number of amides is 1. The molecule has 0 radical (unpaired) electrons. The van der Waals surface area contributed by atoms with Crippen LogP contribution in [0.3, 0.4) is 0 Å². The van der Waals surface area contributed by atoms with Gasteiger partial charge in [-0.2, -0.15) is 0 Å². The van der Waals surface area contributed by atoms with Crippen LogP contribution in [0.15, 0.2) is 18.3 Å². The molecular formula is C14H20FN3O. The van der Waals surface area contributed by atoms with Gasteiger partial charge in [-0.05, 0) is 37.9 Å². The van der Waals surface area contributed by atoms with Crippen molar-refractivity contribution < 1.29 is 9.18 Å². The number of nitrogens with zero attached hydrogens (tertiary/aromatic N) is 2. The maximum absolute atomic E-state index is 12.8. The average Bonchev–Trinajstić information content (AvgIpc) is 2.91. The van der Waals surface area contributed by atoms with Gasteiger partial charge < -0.3 is 10.2 Å². The summed E-state index contributed by atoms with van der Waals surface area (Å²) in [6.07, 6.45) is 4.25. The molecule has 0 bridgehead atoms. The summed E-state index contributed by atoms with van der Waals surface area (Å²) in [5.74, 6) is -0.536. The zero-order valence-electron chi connectivity index (χ0n) is 11.2. The van der Waals surface area contributed by atoms with Gasteiger partial charge >= 0.3 is 0 Å². The summed E-state index contributed by atoms with van der Waals surface area (Å²) in [5.41, 5.74) is 0.313. The van der Waals surface area contributed by atoms with Crippen molar-refractivity contribution in [2.45, 2.75) is 32.2 Å². The van der Waals surface area contributed by atoms with Crippen LogP contribution in [-0.2, 0) is 0 Å². The molecule has 4 nitrogen and oxygen atoms in total. The van der Waals surface area contributed by atoms with Gasteiger partial charge in [-0.1, -0.05) is 6.92 Å². The highest BCUT2D eigenvalue weighted by Gasteiger charge is 2.22. The van der Waals surface area contributed by atoms with E-state index in [1.165, 1.54) is 12.1 Å². The molecule has 1 aliphatic heterocycles. The fourth-order valence-electron chi connectivity index (χ4n) is 2.39. The molecular weight excluding hydrogens is 245 g/mol. The minimum Gasteiger partial charge on any atom is -0.336 e. The van der Waals surface area contributed by atoms with Crippen LogP contribution in [0.1, 0.15) is 36.7 Å². The summed E-state index contributed by atoms with van der Waals surface area (Å²) in [6, 6.07) is 3.09. The molecule has 5 heteroatoms. The number of carbonyl (C=O) groups is 1. The summed E-state index contributed by atoms with van der Waals surface area (Å²) in [6.45, 7) is 4.47. The minimum absolute atomic E-state index is 0.115. The molecule has 0 aliphatic carbocycles. The van der Waals surface area contributed by atoms with Crippen LogP contribution in [0.4, 0.5) is 4.39 Å². The Balaban J connectivity index is 2.04. The number of halogens is 1. The molecule has 1 unspecified atom stereocenters. The highest BCUT2D eigenvalue weighted by molar-refractivity contribution is 5.92. The van der Waals surface area contributed by atoms with Crippen molar-refractivity contribution >= 4 is 5.91 Å². The first kappa shape index (κ1) is 13.9. The first-order valence-electron chi connectivity index (χ1n) is 6.85. The Labute approximate surface area is 113 Å². The van der Waals surface area contributed by atoms with Crippen molar-refractivity contribution in [2.24, 2.45) is 0 Å². The van der Waals surface area contributed by atoms with E-state index in [0.717, 1.165) is 32.0 Å². The first-order valence-corrected chi connectivity index (χ1v) is 6.85. The fraction of sp³-hybridized carbons (Fsp3) is 0.571. The molecule has 104 valence electrons. The summed E-state index contributed by atoms with van der Waals surface area (Å²) >= 11 is 0. The highest BCUT2D eigenvalue weighted by Crippen LogP contribution is 2.10. The molecule has 2 rings (SSSR count). The van der Waals surface area contributed by atoms with Crippen molar-refractivity contribution in [2.75, 3.05) is 19.6 Å². The standard InChI is InChI=1S/C14H20FN3O/c1-2-8-18(10-12-4-3-7-16-12)14(19)13-6-5-11(15)9-17-13/h5-6,9,12,16H,2-4,7-8,10H2,1H3. The Kier molecular flexibility index (Phi) is 4.85. The largest absolute Gasteiger partial charge is 0.336 e. The number of nitrogens with one attached hydrogen (secondary N) is 1. The van der Waals surface area contributed by atoms with Crippen molar-refractivity contribution in [3.63, 3.8) is 0 Å². The van der Waals surface area contributed by atoms with Crippen molar-refractivity contribution in [1.29, 1.82) is 0 Å². The van der Waals surface area contributed by atoms with Gasteiger partial charge in [0.2, 0.25) is 0 Å². The van der Waals surface area contributed by atoms with Crippen molar-refractivity contribution in [3.05, 3.63) is 29.8 Å². The van der Waals surface area contributed by atoms with Crippen LogP contribution in [0, 0.1) is 5.82 Å². The molecule has 1 fully saturated rings. The van der Waals surface area contributed by atoms with E-state index in [4.69, 9.17) is 0 Å². The van der Waals surface area contributed by atoms with Crippen molar-refractivity contribution in [1.82, 2.24) is 15.2 Å². The SMILES string of the molecule is CCCN(CC1CCCN1)C(=O)c1ccc(F)cn1. The maximum Gasteiger partial charge on any atom is 0.272 e. The third kappa shape index (κ3) is 3.73. The number of rotatable bonds is 5. The van der Waals surface area contributed by atoms with Crippen LogP contribution in [0.25, 0.3) is 0 Å². The highest BCUT2D eigenvalue weighted by atomic mass is 19.1. The lowest BCUT2D eigenvalue weighted by atomic mass is 10.2. The first-order chi connectivity index (χ1) is 9.20. The molecule has 1 aromatic heterocycles. The lowest BCUT2D eigenvalue weighted by Crippen LogP contribution is -2.41. The van der Waals surface area contributed by atoms with Gasteiger partial charge in [0.15, 0.2) is 0 Å². The van der Waals surface area contributed by atoms with Gasteiger partial charge in [-0.3, -0.25) is 4.79 Å². The van der Waals surface area contributed by atoms with Gasteiger partial charge in [-0.15, -0.1) is 0 Å². The van der Waals surface area contributed by atoms with Gasteiger partial charge in [0.1, 0.15) is 11.5 Å². The van der Waals surface area contributed by atoms with Crippen LogP contribution < -0.4 is 5.32 Å². The van der Waals surface area contributed by atoms with Gasteiger partial charge in [0, 0.05) is 19.1 Å². The summed E-state index contributed by atoms with van der Waals surface area (Å²) in [4.78, 5) is 18.0. The monoisotopic (exact) mass is 265 g/mol. The number of carbonyl (C=O) groups excluding carboxylic acids is 1. The molecule has 19 heavy (non-hydrogen) atoms. The van der Waals surface area contributed by atoms with E-state index in [1.54, 1.807) is 0 Å². The second-order valence-electron chi connectivity index (χ2n) is 4.91. The van der Waals surface area contributed by atoms with E-state index in [-0.39, 0.29) is 5.91 Å². The predicted octanol–water partition coefficient (Wildman–Crippen LogP) is 1.82. The molecule has 1 aliphatic rings. The molecule has 1 atom stereocenters. The van der Waals surface area contributed by atoms with E-state index in [9.17, 15) is 9.18 Å². The van der Waals surface area contributed by atoms with E-state index in [2.05, 4.69) is 10.3 Å². The van der Waals surface area contributed by atoms with Crippen LogP contribution in [0.2, 0.25) is 0 Å². The molecule has 0 spiro atoms. The summed E-state index contributed by atoms with van der Waals surface area (Å²) < 4.78 is 12.8. The topological polar surface area (TPSA) is 45.2 Å². The van der Waals surface area contributed by atoms with E-state index in [0.29, 0.717) is 24.8 Å². The summed E-state index contributed by atoms with van der Waals surface area (Å²) in [7, 11) is 0. The molecule has 0 aromatic carbocycles. The average molecular weight is 265 g/mol. The zero-order valence-corrected chi connectivity index (χ0v) is 11.2. The Bertz CT molecular complexity index is 415. The zero-order chi connectivity index (χ0) is 13.7. The number of pyridine rings is 1. The molecule has 1 amide bonds. The predicted molar refractivity (Wildman–Crippen MR) is 71.4 cm³/mol.